The molecule has 0 radical (unpaired) electrons. The Labute approximate surface area is 90.3 Å². The Hall–Kier alpha value is -0.960. The number of fused-ring (bicyclic) bond motifs is 1. The molecule has 3 rings (SSSR count). The van der Waals surface area contributed by atoms with E-state index in [-0.39, 0.29) is 0 Å². The average Bonchev–Trinajstić information content (AvgIpc) is 3.11. The molecule has 3 heteroatoms. The molecule has 0 amide bonds. The van der Waals surface area contributed by atoms with E-state index in [4.69, 9.17) is 9.97 Å². The van der Waals surface area contributed by atoms with E-state index in [0.29, 0.717) is 5.92 Å². The summed E-state index contributed by atoms with van der Waals surface area (Å²) in [5.74, 6) is 1.79. The average molecular weight is 203 g/mol. The number of hydrogen-bond donors (Lipinski definition) is 1. The van der Waals surface area contributed by atoms with Crippen LogP contribution in [0.25, 0.3) is 0 Å². The van der Waals surface area contributed by atoms with E-state index in [1.54, 1.807) is 0 Å². The Morgan fingerprint density at radius 3 is 2.93 bits per heavy atom. The van der Waals surface area contributed by atoms with Gasteiger partial charge in [-0.1, -0.05) is 6.92 Å². The van der Waals surface area contributed by atoms with Gasteiger partial charge in [0.1, 0.15) is 5.82 Å². The fraction of sp³-hybridized carbons (Fsp3) is 0.667. The van der Waals surface area contributed by atoms with Crippen molar-refractivity contribution in [2.75, 3.05) is 6.54 Å². The zero-order valence-corrected chi connectivity index (χ0v) is 9.21. The Morgan fingerprint density at radius 1 is 1.33 bits per heavy atom. The van der Waals surface area contributed by atoms with Crippen molar-refractivity contribution in [2.24, 2.45) is 0 Å². The predicted octanol–water partition coefficient (Wildman–Crippen LogP) is 1.56. The van der Waals surface area contributed by atoms with Crippen LogP contribution in [0.1, 0.15) is 48.5 Å². The second kappa shape index (κ2) is 3.56. The lowest BCUT2D eigenvalue weighted by atomic mass is 10.0. The molecule has 2 heterocycles. The summed E-state index contributed by atoms with van der Waals surface area (Å²) in [6.07, 6.45) is 4.69. The van der Waals surface area contributed by atoms with Crippen LogP contribution in [0.4, 0.5) is 0 Å². The highest BCUT2D eigenvalue weighted by Gasteiger charge is 2.28. The summed E-state index contributed by atoms with van der Waals surface area (Å²) in [4.78, 5) is 9.45. The maximum atomic E-state index is 4.73. The summed E-state index contributed by atoms with van der Waals surface area (Å²) < 4.78 is 0. The van der Waals surface area contributed by atoms with Gasteiger partial charge in [-0.2, -0.15) is 0 Å². The maximum Gasteiger partial charge on any atom is 0.131 e. The number of aromatic nitrogens is 2. The summed E-state index contributed by atoms with van der Waals surface area (Å²) in [5, 5.41) is 3.40. The van der Waals surface area contributed by atoms with Crippen molar-refractivity contribution >= 4 is 0 Å². The van der Waals surface area contributed by atoms with Gasteiger partial charge in [-0.05, 0) is 19.3 Å². The van der Waals surface area contributed by atoms with Gasteiger partial charge in [0.25, 0.3) is 0 Å². The predicted molar refractivity (Wildman–Crippen MR) is 58.8 cm³/mol. The van der Waals surface area contributed by atoms with Crippen LogP contribution in [0.15, 0.2) is 0 Å². The Kier molecular flexibility index (Phi) is 2.20. The van der Waals surface area contributed by atoms with Crippen molar-refractivity contribution in [1.29, 1.82) is 0 Å². The minimum Gasteiger partial charge on any atom is -0.312 e. The molecule has 1 aliphatic heterocycles. The lowest BCUT2D eigenvalue weighted by molar-refractivity contribution is 0.610. The van der Waals surface area contributed by atoms with Crippen molar-refractivity contribution in [3.8, 4) is 0 Å². The molecule has 1 aromatic rings. The van der Waals surface area contributed by atoms with E-state index < -0.39 is 0 Å². The molecule has 0 bridgehead atoms. The molecule has 80 valence electrons. The Balaban J connectivity index is 2.06. The van der Waals surface area contributed by atoms with Crippen LogP contribution in [0, 0.1) is 0 Å². The highest BCUT2D eigenvalue weighted by Crippen LogP contribution is 2.38. The van der Waals surface area contributed by atoms with Gasteiger partial charge in [0.15, 0.2) is 0 Å². The lowest BCUT2D eigenvalue weighted by Gasteiger charge is -2.19. The number of nitrogens with one attached hydrogen (secondary N) is 1. The third kappa shape index (κ3) is 1.65. The lowest BCUT2D eigenvalue weighted by Crippen LogP contribution is -2.27. The van der Waals surface area contributed by atoms with Crippen molar-refractivity contribution in [1.82, 2.24) is 15.3 Å². The minimum absolute atomic E-state index is 0.676. The van der Waals surface area contributed by atoms with Crippen molar-refractivity contribution in [2.45, 2.75) is 45.1 Å². The zero-order chi connectivity index (χ0) is 10.3. The van der Waals surface area contributed by atoms with Gasteiger partial charge in [0.05, 0.1) is 5.69 Å². The first-order valence-electron chi connectivity index (χ1n) is 5.97. The van der Waals surface area contributed by atoms with Crippen molar-refractivity contribution in [3.63, 3.8) is 0 Å². The topological polar surface area (TPSA) is 37.8 Å². The second-order valence-electron chi connectivity index (χ2n) is 4.51. The van der Waals surface area contributed by atoms with Crippen molar-refractivity contribution in [3.05, 3.63) is 22.8 Å². The van der Waals surface area contributed by atoms with E-state index in [0.717, 1.165) is 31.8 Å². The Bertz CT molecular complexity index is 365. The van der Waals surface area contributed by atoms with Crippen LogP contribution in [-0.2, 0) is 19.4 Å². The van der Waals surface area contributed by atoms with E-state index in [1.807, 2.05) is 0 Å². The summed E-state index contributed by atoms with van der Waals surface area (Å²) >= 11 is 0. The quantitative estimate of drug-likeness (QED) is 0.792. The molecule has 0 atom stereocenters. The first-order valence-corrected chi connectivity index (χ1v) is 5.97. The zero-order valence-electron chi connectivity index (χ0n) is 9.21. The van der Waals surface area contributed by atoms with Gasteiger partial charge in [-0.25, -0.2) is 9.97 Å². The minimum atomic E-state index is 0.676. The molecule has 0 spiro atoms. The highest BCUT2D eigenvalue weighted by atomic mass is 15.0. The normalized spacial score (nSPS) is 20.1. The smallest absolute Gasteiger partial charge is 0.131 e. The van der Waals surface area contributed by atoms with Crippen LogP contribution < -0.4 is 5.32 Å². The van der Waals surface area contributed by atoms with Crippen LogP contribution in [0.2, 0.25) is 0 Å². The summed E-state index contributed by atoms with van der Waals surface area (Å²) in [7, 11) is 0. The van der Waals surface area contributed by atoms with Crippen molar-refractivity contribution < 1.29 is 0 Å². The Morgan fingerprint density at radius 2 is 2.20 bits per heavy atom. The van der Waals surface area contributed by atoms with Gasteiger partial charge in [0, 0.05) is 36.7 Å². The molecule has 0 aromatic carbocycles. The highest BCUT2D eigenvalue weighted by molar-refractivity contribution is 5.29. The standard InChI is InChI=1S/C12H17N3/c1-2-10-9-7-13-6-5-11(9)15-12(14-10)8-3-4-8/h8,13H,2-7H2,1H3. The van der Waals surface area contributed by atoms with E-state index in [9.17, 15) is 0 Å². The fourth-order valence-electron chi connectivity index (χ4n) is 2.25. The van der Waals surface area contributed by atoms with Gasteiger partial charge < -0.3 is 5.32 Å². The van der Waals surface area contributed by atoms with Crippen LogP contribution in [-0.4, -0.2) is 16.5 Å². The number of aryl methyl sites for hydroxylation is 1. The first kappa shape index (κ1) is 9.28. The molecule has 1 aromatic heterocycles. The summed E-state index contributed by atoms with van der Waals surface area (Å²) in [6.45, 7) is 4.22. The molecular formula is C12H17N3. The van der Waals surface area contributed by atoms with Gasteiger partial charge >= 0.3 is 0 Å². The molecule has 1 fully saturated rings. The largest absolute Gasteiger partial charge is 0.312 e. The molecule has 0 unspecified atom stereocenters. The maximum absolute atomic E-state index is 4.73. The molecule has 1 aliphatic carbocycles. The van der Waals surface area contributed by atoms with E-state index in [2.05, 4.69) is 12.2 Å². The van der Waals surface area contributed by atoms with Gasteiger partial charge in [-0.15, -0.1) is 0 Å². The van der Waals surface area contributed by atoms with Gasteiger partial charge in [-0.3, -0.25) is 0 Å². The summed E-state index contributed by atoms with van der Waals surface area (Å²) in [5.41, 5.74) is 3.95. The first-order chi connectivity index (χ1) is 7.38. The molecular weight excluding hydrogens is 186 g/mol. The molecule has 2 aliphatic rings. The fourth-order valence-corrected chi connectivity index (χ4v) is 2.25. The number of nitrogens with zero attached hydrogens (tertiary/aromatic N) is 2. The monoisotopic (exact) mass is 203 g/mol. The van der Waals surface area contributed by atoms with E-state index >= 15 is 0 Å². The van der Waals surface area contributed by atoms with Crippen LogP contribution >= 0.6 is 0 Å². The van der Waals surface area contributed by atoms with Crippen LogP contribution in [0.3, 0.4) is 0 Å². The number of rotatable bonds is 2. The SMILES string of the molecule is CCc1nc(C2CC2)nc2c1CNCC2. The molecule has 1 N–H and O–H groups in total. The second-order valence-corrected chi connectivity index (χ2v) is 4.51. The molecule has 15 heavy (non-hydrogen) atoms. The summed E-state index contributed by atoms with van der Waals surface area (Å²) in [6, 6.07) is 0. The molecule has 1 saturated carbocycles. The number of hydrogen-bond acceptors (Lipinski definition) is 3. The molecule has 0 saturated heterocycles. The third-order valence-corrected chi connectivity index (χ3v) is 3.31. The van der Waals surface area contributed by atoms with Gasteiger partial charge in [0.2, 0.25) is 0 Å². The van der Waals surface area contributed by atoms with E-state index in [1.165, 1.54) is 29.8 Å². The molecule has 3 nitrogen and oxygen atoms in total. The third-order valence-electron chi connectivity index (χ3n) is 3.31. The van der Waals surface area contributed by atoms with Crippen LogP contribution in [0.5, 0.6) is 0 Å².